The average molecular weight is 436 g/mol. The Kier molecular flexibility index (Phi) is 10.4. The molecule has 0 bridgehead atoms. The van der Waals surface area contributed by atoms with E-state index < -0.39 is 12.6 Å². The summed E-state index contributed by atoms with van der Waals surface area (Å²) in [7, 11) is 0. The van der Waals surface area contributed by atoms with E-state index in [4.69, 9.17) is 0 Å². The fraction of sp³-hybridized carbons (Fsp3) is 0.538. The van der Waals surface area contributed by atoms with Gasteiger partial charge in [0.2, 0.25) is 0 Å². The molecule has 1 aromatic rings. The monoisotopic (exact) mass is 435 g/mol. The second-order valence-corrected chi connectivity index (χ2v) is 8.52. The lowest BCUT2D eigenvalue weighted by molar-refractivity contribution is -0.137. The molecular formula is C26H36F3NO. The maximum atomic E-state index is 12.2. The van der Waals surface area contributed by atoms with Gasteiger partial charge in [-0.1, -0.05) is 39.0 Å². The number of nitrogens with zero attached hydrogens (tertiary/aromatic N) is 1. The largest absolute Gasteiger partial charge is 0.389 e. The van der Waals surface area contributed by atoms with Crippen molar-refractivity contribution in [2.45, 2.75) is 86.7 Å². The van der Waals surface area contributed by atoms with Crippen LogP contribution in [0.1, 0.15) is 90.3 Å². The second kappa shape index (κ2) is 12.0. The molecule has 1 heterocycles. The van der Waals surface area contributed by atoms with Gasteiger partial charge in [-0.2, -0.15) is 13.2 Å². The molecule has 1 aromatic carbocycles. The summed E-state index contributed by atoms with van der Waals surface area (Å²) in [5, 5.41) is 0. The topological polar surface area (TPSA) is 29.4 Å². The van der Waals surface area contributed by atoms with Gasteiger partial charge >= 0.3 is 6.18 Å². The molecule has 1 aliphatic rings. The molecule has 0 spiro atoms. The van der Waals surface area contributed by atoms with Crippen LogP contribution >= 0.6 is 0 Å². The number of ketones is 1. The van der Waals surface area contributed by atoms with Crippen LogP contribution in [0.3, 0.4) is 0 Å². The van der Waals surface area contributed by atoms with Crippen LogP contribution in [-0.2, 0) is 4.79 Å². The summed E-state index contributed by atoms with van der Waals surface area (Å²) >= 11 is 0. The highest BCUT2D eigenvalue weighted by Gasteiger charge is 2.26. The SMILES string of the molecule is C/C=C(/C)c1cc(C2=NC(C)=C(C(=O)CCC)C2)ccc1C.CC(C)CCC(F)(F)F. The van der Waals surface area contributed by atoms with Gasteiger partial charge in [0.1, 0.15) is 0 Å². The first-order valence-corrected chi connectivity index (χ1v) is 11.0. The van der Waals surface area contributed by atoms with E-state index in [2.05, 4.69) is 50.0 Å². The van der Waals surface area contributed by atoms with Crippen LogP contribution in [0.15, 0.2) is 40.5 Å². The van der Waals surface area contributed by atoms with Crippen molar-refractivity contribution < 1.29 is 18.0 Å². The van der Waals surface area contributed by atoms with E-state index >= 15 is 0 Å². The first-order chi connectivity index (χ1) is 14.4. The molecule has 172 valence electrons. The Balaban J connectivity index is 0.000000452. The minimum absolute atomic E-state index is 0.145. The van der Waals surface area contributed by atoms with Gasteiger partial charge in [0, 0.05) is 30.5 Å². The highest BCUT2D eigenvalue weighted by Crippen LogP contribution is 2.28. The van der Waals surface area contributed by atoms with Crippen molar-refractivity contribution in [3.8, 4) is 0 Å². The Bertz CT molecular complexity index is 858. The molecule has 1 aliphatic heterocycles. The molecule has 31 heavy (non-hydrogen) atoms. The molecule has 0 radical (unpaired) electrons. The molecule has 0 aliphatic carbocycles. The molecule has 0 saturated heterocycles. The number of carbonyl (C=O) groups excluding carboxylic acids is 1. The Morgan fingerprint density at radius 1 is 1.23 bits per heavy atom. The van der Waals surface area contributed by atoms with E-state index in [0.29, 0.717) is 12.8 Å². The molecule has 0 aromatic heterocycles. The standard InChI is InChI=1S/C20H25NO.C6H11F3/c1-6-8-20(22)18-12-19(21-15(18)5)16-10-9-14(4)17(11-16)13(3)7-2;1-5(2)3-4-6(7,8)9/h7,9-11H,6,8,12H2,1-5H3;5H,3-4H2,1-2H3/b13-7-;. The molecule has 0 saturated carbocycles. The van der Waals surface area contributed by atoms with E-state index in [1.807, 2.05) is 13.8 Å². The van der Waals surface area contributed by atoms with Crippen LogP contribution in [0.25, 0.3) is 5.57 Å². The van der Waals surface area contributed by atoms with Gasteiger partial charge in [0.15, 0.2) is 5.78 Å². The minimum Gasteiger partial charge on any atom is -0.294 e. The summed E-state index contributed by atoms with van der Waals surface area (Å²) in [5.74, 6) is 0.391. The van der Waals surface area contributed by atoms with Crippen LogP contribution in [0.4, 0.5) is 13.2 Å². The number of benzene rings is 1. The summed E-state index contributed by atoms with van der Waals surface area (Å²) in [4.78, 5) is 16.8. The highest BCUT2D eigenvalue weighted by atomic mass is 19.4. The summed E-state index contributed by atoms with van der Waals surface area (Å²) in [5.41, 5.74) is 7.71. The highest BCUT2D eigenvalue weighted by molar-refractivity contribution is 6.11. The third-order valence-electron chi connectivity index (χ3n) is 5.33. The van der Waals surface area contributed by atoms with E-state index in [0.717, 1.165) is 29.0 Å². The molecular weight excluding hydrogens is 399 g/mol. The average Bonchev–Trinajstić information content (AvgIpc) is 3.08. The third kappa shape index (κ3) is 8.84. The zero-order valence-electron chi connectivity index (χ0n) is 19.9. The van der Waals surface area contributed by atoms with Gasteiger partial charge in [-0.05, 0) is 74.8 Å². The fourth-order valence-corrected chi connectivity index (χ4v) is 3.28. The molecule has 0 amide bonds. The lowest BCUT2D eigenvalue weighted by Gasteiger charge is -2.10. The Labute approximate surface area is 185 Å². The van der Waals surface area contributed by atoms with Gasteiger partial charge in [-0.25, -0.2) is 0 Å². The fourth-order valence-electron chi connectivity index (χ4n) is 3.28. The van der Waals surface area contributed by atoms with E-state index in [1.54, 1.807) is 13.8 Å². The molecule has 5 heteroatoms. The van der Waals surface area contributed by atoms with Gasteiger partial charge in [0.25, 0.3) is 0 Å². The number of halogens is 3. The van der Waals surface area contributed by atoms with Crippen molar-refractivity contribution in [2.24, 2.45) is 10.9 Å². The number of hydrogen-bond acceptors (Lipinski definition) is 2. The van der Waals surface area contributed by atoms with E-state index in [9.17, 15) is 18.0 Å². The number of aliphatic imine (C=N–C) groups is 1. The van der Waals surface area contributed by atoms with Crippen LogP contribution in [0.2, 0.25) is 0 Å². The molecule has 0 N–H and O–H groups in total. The quantitative estimate of drug-likeness (QED) is 0.424. The molecule has 2 nitrogen and oxygen atoms in total. The molecule has 2 rings (SSSR count). The van der Waals surface area contributed by atoms with Gasteiger partial charge in [0.05, 0.1) is 5.71 Å². The zero-order valence-corrected chi connectivity index (χ0v) is 19.9. The Morgan fingerprint density at radius 2 is 1.87 bits per heavy atom. The minimum atomic E-state index is -3.97. The number of rotatable bonds is 7. The lowest BCUT2D eigenvalue weighted by Crippen LogP contribution is -2.08. The first-order valence-electron chi connectivity index (χ1n) is 11.0. The third-order valence-corrected chi connectivity index (χ3v) is 5.33. The number of Topliss-reactive ketones (excluding diaryl/α,β-unsaturated/α-hetero) is 1. The van der Waals surface area contributed by atoms with Crippen molar-refractivity contribution in [3.05, 3.63) is 52.2 Å². The number of allylic oxidation sites excluding steroid dienone is 4. The lowest BCUT2D eigenvalue weighted by atomic mass is 9.94. The van der Waals surface area contributed by atoms with Gasteiger partial charge in [-0.3, -0.25) is 9.79 Å². The first kappa shape index (κ1) is 26.9. The van der Waals surface area contributed by atoms with Crippen LogP contribution < -0.4 is 0 Å². The van der Waals surface area contributed by atoms with Gasteiger partial charge in [-0.15, -0.1) is 0 Å². The van der Waals surface area contributed by atoms with Crippen LogP contribution in [0, 0.1) is 12.8 Å². The number of carbonyl (C=O) groups is 1. The number of aryl methyl sites for hydroxylation is 1. The smallest absolute Gasteiger partial charge is 0.294 e. The Hall–Kier alpha value is -2.17. The van der Waals surface area contributed by atoms with Crippen molar-refractivity contribution in [1.29, 1.82) is 0 Å². The predicted octanol–water partition coefficient (Wildman–Crippen LogP) is 8.24. The van der Waals surface area contributed by atoms with Crippen LogP contribution in [-0.4, -0.2) is 17.7 Å². The second-order valence-electron chi connectivity index (χ2n) is 8.52. The van der Waals surface area contributed by atoms with E-state index in [-0.39, 0.29) is 18.1 Å². The summed E-state index contributed by atoms with van der Waals surface area (Å²) in [6.07, 6.45) is -0.0742. The van der Waals surface area contributed by atoms with Crippen molar-refractivity contribution >= 4 is 17.1 Å². The maximum absolute atomic E-state index is 12.2. The summed E-state index contributed by atoms with van der Waals surface area (Å²) < 4.78 is 34.2. The Morgan fingerprint density at radius 3 is 2.35 bits per heavy atom. The van der Waals surface area contributed by atoms with Crippen molar-refractivity contribution in [2.75, 3.05) is 0 Å². The van der Waals surface area contributed by atoms with E-state index in [1.165, 1.54) is 16.7 Å². The van der Waals surface area contributed by atoms with Crippen LogP contribution in [0.5, 0.6) is 0 Å². The van der Waals surface area contributed by atoms with Crippen molar-refractivity contribution in [3.63, 3.8) is 0 Å². The van der Waals surface area contributed by atoms with Gasteiger partial charge < -0.3 is 0 Å². The predicted molar refractivity (Wildman–Crippen MR) is 124 cm³/mol. The van der Waals surface area contributed by atoms with Crippen molar-refractivity contribution in [1.82, 2.24) is 0 Å². The summed E-state index contributed by atoms with van der Waals surface area (Å²) in [6, 6.07) is 6.45. The number of alkyl halides is 3. The molecule has 0 fully saturated rings. The number of hydrogen-bond donors (Lipinski definition) is 0. The molecule has 0 unspecified atom stereocenters. The normalized spacial score (nSPS) is 14.5. The zero-order chi connectivity index (χ0) is 23.8. The molecule has 0 atom stereocenters. The maximum Gasteiger partial charge on any atom is 0.389 e. The summed E-state index contributed by atoms with van der Waals surface area (Å²) in [6.45, 7) is 13.9.